The van der Waals surface area contributed by atoms with E-state index in [9.17, 15) is 0 Å². The molecule has 1 fully saturated rings. The molecule has 0 aromatic rings. The van der Waals surface area contributed by atoms with Crippen LogP contribution in [-0.2, 0) is 0 Å². The highest BCUT2D eigenvalue weighted by Gasteiger charge is 2.18. The minimum absolute atomic E-state index is 0.264. The molecular weight excluding hydrogens is 124 g/mol. The first kappa shape index (κ1) is 8.02. The SMILES string of the molecule is NC[C@H](N)C1CCCCC1. The van der Waals surface area contributed by atoms with E-state index >= 15 is 0 Å². The quantitative estimate of drug-likeness (QED) is 0.600. The second kappa shape index (κ2) is 3.94. The van der Waals surface area contributed by atoms with Crippen molar-refractivity contribution >= 4 is 0 Å². The molecular formula is C8H18N2. The van der Waals surface area contributed by atoms with Crippen LogP contribution >= 0.6 is 0 Å². The van der Waals surface area contributed by atoms with Crippen molar-refractivity contribution in [2.45, 2.75) is 38.1 Å². The monoisotopic (exact) mass is 142 g/mol. The molecule has 0 aromatic carbocycles. The lowest BCUT2D eigenvalue weighted by atomic mass is 9.84. The summed E-state index contributed by atoms with van der Waals surface area (Å²) < 4.78 is 0. The molecule has 1 aliphatic rings. The van der Waals surface area contributed by atoms with Crippen LogP contribution in [0.1, 0.15) is 32.1 Å². The minimum atomic E-state index is 0.264. The van der Waals surface area contributed by atoms with Crippen LogP contribution in [0.15, 0.2) is 0 Å². The molecule has 0 aliphatic heterocycles. The summed E-state index contributed by atoms with van der Waals surface area (Å²) in [6, 6.07) is 0.264. The molecule has 0 bridgehead atoms. The molecule has 0 spiro atoms. The van der Waals surface area contributed by atoms with Gasteiger partial charge in [-0.05, 0) is 18.8 Å². The zero-order valence-electron chi connectivity index (χ0n) is 6.55. The van der Waals surface area contributed by atoms with Crippen molar-refractivity contribution in [3.8, 4) is 0 Å². The van der Waals surface area contributed by atoms with Crippen LogP contribution in [-0.4, -0.2) is 12.6 Å². The van der Waals surface area contributed by atoms with Crippen LogP contribution in [0.3, 0.4) is 0 Å². The molecule has 1 aliphatic carbocycles. The van der Waals surface area contributed by atoms with E-state index in [1.807, 2.05) is 0 Å². The lowest BCUT2D eigenvalue weighted by Gasteiger charge is -2.26. The summed E-state index contributed by atoms with van der Waals surface area (Å²) in [5.74, 6) is 0.721. The zero-order valence-corrected chi connectivity index (χ0v) is 6.55. The van der Waals surface area contributed by atoms with E-state index in [0.29, 0.717) is 6.54 Å². The van der Waals surface area contributed by atoms with Crippen LogP contribution in [0.2, 0.25) is 0 Å². The van der Waals surface area contributed by atoms with E-state index in [0.717, 1.165) is 5.92 Å². The van der Waals surface area contributed by atoms with Gasteiger partial charge in [0.2, 0.25) is 0 Å². The molecule has 2 heteroatoms. The van der Waals surface area contributed by atoms with Gasteiger partial charge in [0.1, 0.15) is 0 Å². The van der Waals surface area contributed by atoms with Crippen LogP contribution in [0.4, 0.5) is 0 Å². The predicted octanol–water partition coefficient (Wildman–Crippen LogP) is 0.853. The lowest BCUT2D eigenvalue weighted by Crippen LogP contribution is -2.38. The van der Waals surface area contributed by atoms with Crippen LogP contribution < -0.4 is 11.5 Å². The number of rotatable bonds is 2. The molecule has 4 N–H and O–H groups in total. The predicted molar refractivity (Wildman–Crippen MR) is 43.6 cm³/mol. The summed E-state index contributed by atoms with van der Waals surface area (Å²) in [4.78, 5) is 0. The van der Waals surface area contributed by atoms with Crippen molar-refractivity contribution in [2.24, 2.45) is 17.4 Å². The van der Waals surface area contributed by atoms with Crippen molar-refractivity contribution in [2.75, 3.05) is 6.54 Å². The average molecular weight is 142 g/mol. The maximum atomic E-state index is 5.82. The summed E-state index contributed by atoms with van der Waals surface area (Å²) in [5, 5.41) is 0. The number of hydrogen-bond acceptors (Lipinski definition) is 2. The summed E-state index contributed by atoms with van der Waals surface area (Å²) in [6.45, 7) is 0.657. The summed E-state index contributed by atoms with van der Waals surface area (Å²) >= 11 is 0. The van der Waals surface area contributed by atoms with Crippen molar-refractivity contribution in [1.29, 1.82) is 0 Å². The second-order valence-electron chi connectivity index (χ2n) is 3.30. The molecule has 2 nitrogen and oxygen atoms in total. The molecule has 0 amide bonds. The zero-order chi connectivity index (χ0) is 7.40. The summed E-state index contributed by atoms with van der Waals surface area (Å²) in [5.41, 5.74) is 11.3. The average Bonchev–Trinajstić information content (AvgIpc) is 2.05. The smallest absolute Gasteiger partial charge is 0.0191 e. The summed E-state index contributed by atoms with van der Waals surface area (Å²) in [6.07, 6.45) is 6.72. The van der Waals surface area contributed by atoms with E-state index in [1.54, 1.807) is 0 Å². The van der Waals surface area contributed by atoms with Gasteiger partial charge in [0.05, 0.1) is 0 Å². The molecule has 10 heavy (non-hydrogen) atoms. The Hall–Kier alpha value is -0.0800. The molecule has 0 unspecified atom stereocenters. The van der Waals surface area contributed by atoms with Gasteiger partial charge >= 0.3 is 0 Å². The highest BCUT2D eigenvalue weighted by molar-refractivity contribution is 4.76. The van der Waals surface area contributed by atoms with Gasteiger partial charge in [0, 0.05) is 12.6 Å². The molecule has 0 radical (unpaired) electrons. The third-order valence-electron chi connectivity index (χ3n) is 2.53. The first-order chi connectivity index (χ1) is 4.84. The molecule has 0 saturated heterocycles. The molecule has 1 saturated carbocycles. The van der Waals surface area contributed by atoms with E-state index in [-0.39, 0.29) is 6.04 Å². The second-order valence-corrected chi connectivity index (χ2v) is 3.30. The Kier molecular flexibility index (Phi) is 3.16. The van der Waals surface area contributed by atoms with Crippen molar-refractivity contribution in [3.63, 3.8) is 0 Å². The maximum Gasteiger partial charge on any atom is 0.0191 e. The van der Waals surface area contributed by atoms with Gasteiger partial charge in [-0.25, -0.2) is 0 Å². The number of nitrogens with two attached hydrogens (primary N) is 2. The standard InChI is InChI=1S/C8H18N2/c9-6-8(10)7-4-2-1-3-5-7/h7-8H,1-6,9-10H2/t8-/m0/s1. The lowest BCUT2D eigenvalue weighted by molar-refractivity contribution is 0.308. The molecule has 1 rings (SSSR count). The van der Waals surface area contributed by atoms with Gasteiger partial charge in [-0.2, -0.15) is 0 Å². The first-order valence-corrected chi connectivity index (χ1v) is 4.30. The van der Waals surface area contributed by atoms with Gasteiger partial charge in [0.15, 0.2) is 0 Å². The largest absolute Gasteiger partial charge is 0.329 e. The van der Waals surface area contributed by atoms with Crippen molar-refractivity contribution in [1.82, 2.24) is 0 Å². The molecule has 0 heterocycles. The third kappa shape index (κ3) is 1.96. The van der Waals surface area contributed by atoms with E-state index < -0.39 is 0 Å². The highest BCUT2D eigenvalue weighted by Crippen LogP contribution is 2.24. The Labute approximate surface area is 63.0 Å². The van der Waals surface area contributed by atoms with Crippen LogP contribution in [0.5, 0.6) is 0 Å². The fourth-order valence-corrected chi connectivity index (χ4v) is 1.75. The van der Waals surface area contributed by atoms with Gasteiger partial charge in [-0.3, -0.25) is 0 Å². The third-order valence-corrected chi connectivity index (χ3v) is 2.53. The maximum absolute atomic E-state index is 5.82. The van der Waals surface area contributed by atoms with E-state index in [1.165, 1.54) is 32.1 Å². The van der Waals surface area contributed by atoms with Gasteiger partial charge in [-0.1, -0.05) is 19.3 Å². The molecule has 1 atom stereocenters. The van der Waals surface area contributed by atoms with Crippen molar-refractivity contribution in [3.05, 3.63) is 0 Å². The van der Waals surface area contributed by atoms with Gasteiger partial charge < -0.3 is 11.5 Å². The van der Waals surface area contributed by atoms with Gasteiger partial charge in [-0.15, -0.1) is 0 Å². The van der Waals surface area contributed by atoms with E-state index in [4.69, 9.17) is 11.5 Å². The normalized spacial score (nSPS) is 24.6. The minimum Gasteiger partial charge on any atom is -0.329 e. The van der Waals surface area contributed by atoms with E-state index in [2.05, 4.69) is 0 Å². The van der Waals surface area contributed by atoms with Crippen LogP contribution in [0, 0.1) is 5.92 Å². The highest BCUT2D eigenvalue weighted by atomic mass is 14.7. The Balaban J connectivity index is 2.24. The Morgan fingerprint density at radius 2 is 1.80 bits per heavy atom. The van der Waals surface area contributed by atoms with Crippen molar-refractivity contribution < 1.29 is 0 Å². The van der Waals surface area contributed by atoms with Crippen LogP contribution in [0.25, 0.3) is 0 Å². The topological polar surface area (TPSA) is 52.0 Å². The first-order valence-electron chi connectivity index (χ1n) is 4.30. The fraction of sp³-hybridized carbons (Fsp3) is 1.00. The fourth-order valence-electron chi connectivity index (χ4n) is 1.75. The molecule has 0 aromatic heterocycles. The summed E-state index contributed by atoms with van der Waals surface area (Å²) in [7, 11) is 0. The number of hydrogen-bond donors (Lipinski definition) is 2. The van der Waals surface area contributed by atoms with Gasteiger partial charge in [0.25, 0.3) is 0 Å². The Morgan fingerprint density at radius 3 is 2.30 bits per heavy atom. The molecule has 60 valence electrons. The Bertz CT molecular complexity index is 87.3. The Morgan fingerprint density at radius 1 is 1.20 bits per heavy atom.